The first-order chi connectivity index (χ1) is 12.9. The molecule has 3 rings (SSSR count). The highest BCUT2D eigenvalue weighted by Gasteiger charge is 2.33. The first-order valence-corrected chi connectivity index (χ1v) is 9.73. The standard InChI is InChI=1S/C17H20N2O7S/c1-24-16(20)14-9-26-10-19(15(14)17(21)25-2)12-5-7-13(8-6-12)27(22,23)18-11-3-4-11/h5-8,11,18H,3-4,9-10H2,1-2H3. The zero-order chi connectivity index (χ0) is 19.6. The molecule has 0 saturated heterocycles. The minimum Gasteiger partial charge on any atom is -0.466 e. The van der Waals surface area contributed by atoms with Crippen molar-refractivity contribution in [3.63, 3.8) is 0 Å². The lowest BCUT2D eigenvalue weighted by Crippen LogP contribution is -2.38. The number of benzene rings is 1. The van der Waals surface area contributed by atoms with E-state index in [4.69, 9.17) is 14.2 Å². The van der Waals surface area contributed by atoms with Crippen LogP contribution < -0.4 is 9.62 Å². The molecule has 9 nitrogen and oxygen atoms in total. The number of carbonyl (C=O) groups is 2. The van der Waals surface area contributed by atoms with Crippen molar-refractivity contribution < 1.29 is 32.2 Å². The van der Waals surface area contributed by atoms with Crippen molar-refractivity contribution in [2.75, 3.05) is 32.5 Å². The molecule has 0 aromatic heterocycles. The summed E-state index contributed by atoms with van der Waals surface area (Å²) in [4.78, 5) is 25.8. The number of sulfonamides is 1. The van der Waals surface area contributed by atoms with Crippen molar-refractivity contribution in [1.82, 2.24) is 4.72 Å². The van der Waals surface area contributed by atoms with Crippen LogP contribution in [0, 0.1) is 0 Å². The van der Waals surface area contributed by atoms with Gasteiger partial charge in [-0.3, -0.25) is 0 Å². The molecule has 0 amide bonds. The molecule has 1 saturated carbocycles. The highest BCUT2D eigenvalue weighted by molar-refractivity contribution is 7.89. The molecule has 146 valence electrons. The fourth-order valence-electron chi connectivity index (χ4n) is 2.64. The molecular weight excluding hydrogens is 376 g/mol. The second kappa shape index (κ2) is 7.67. The van der Waals surface area contributed by atoms with Gasteiger partial charge in [-0.2, -0.15) is 0 Å². The molecule has 0 bridgehead atoms. The summed E-state index contributed by atoms with van der Waals surface area (Å²) in [5.74, 6) is -1.42. The summed E-state index contributed by atoms with van der Waals surface area (Å²) in [6.45, 7) is -0.0945. The summed E-state index contributed by atoms with van der Waals surface area (Å²) in [7, 11) is -1.18. The van der Waals surface area contributed by atoms with Gasteiger partial charge in [0.2, 0.25) is 10.0 Å². The molecule has 0 atom stereocenters. The maximum Gasteiger partial charge on any atom is 0.355 e. The summed E-state index contributed by atoms with van der Waals surface area (Å²) >= 11 is 0. The minimum atomic E-state index is -3.58. The van der Waals surface area contributed by atoms with Gasteiger partial charge in [0, 0.05) is 11.7 Å². The Labute approximate surface area is 156 Å². The molecular formula is C17H20N2O7S. The Kier molecular flexibility index (Phi) is 5.49. The third kappa shape index (κ3) is 4.12. The maximum absolute atomic E-state index is 12.3. The number of nitrogens with zero attached hydrogens (tertiary/aromatic N) is 1. The Hall–Kier alpha value is -2.43. The van der Waals surface area contributed by atoms with Gasteiger partial charge in [-0.05, 0) is 37.1 Å². The zero-order valence-corrected chi connectivity index (χ0v) is 15.7. The average Bonchev–Trinajstić information content (AvgIpc) is 3.49. The normalized spacial score (nSPS) is 17.6. The van der Waals surface area contributed by atoms with E-state index < -0.39 is 22.0 Å². The van der Waals surface area contributed by atoms with Gasteiger partial charge in [-0.15, -0.1) is 0 Å². The predicted molar refractivity (Wildman–Crippen MR) is 94.1 cm³/mol. The molecule has 0 unspecified atom stereocenters. The first kappa shape index (κ1) is 19.3. The van der Waals surface area contributed by atoms with Crippen LogP contribution in [0.5, 0.6) is 0 Å². The van der Waals surface area contributed by atoms with Gasteiger partial charge in [-0.1, -0.05) is 0 Å². The quantitative estimate of drug-likeness (QED) is 0.693. The Bertz CT molecular complexity index is 873. The van der Waals surface area contributed by atoms with Crippen molar-refractivity contribution in [3.8, 4) is 0 Å². The molecule has 1 N–H and O–H groups in total. The van der Waals surface area contributed by atoms with E-state index in [-0.39, 0.29) is 35.5 Å². The van der Waals surface area contributed by atoms with Crippen LogP contribution in [0.4, 0.5) is 5.69 Å². The number of hydrogen-bond acceptors (Lipinski definition) is 8. The van der Waals surface area contributed by atoms with Gasteiger partial charge in [0.1, 0.15) is 12.4 Å². The average molecular weight is 396 g/mol. The van der Waals surface area contributed by atoms with Crippen molar-refractivity contribution in [1.29, 1.82) is 0 Å². The highest BCUT2D eigenvalue weighted by Crippen LogP contribution is 2.28. The monoisotopic (exact) mass is 396 g/mol. The molecule has 1 heterocycles. The molecule has 1 aromatic rings. The fourth-order valence-corrected chi connectivity index (χ4v) is 3.95. The van der Waals surface area contributed by atoms with E-state index in [0.717, 1.165) is 12.8 Å². The second-order valence-electron chi connectivity index (χ2n) is 6.11. The van der Waals surface area contributed by atoms with E-state index in [0.29, 0.717) is 5.69 Å². The lowest BCUT2D eigenvalue weighted by atomic mass is 10.1. The fraction of sp³-hybridized carbons (Fsp3) is 0.412. The van der Waals surface area contributed by atoms with Crippen LogP contribution in [0.15, 0.2) is 40.4 Å². The lowest BCUT2D eigenvalue weighted by Gasteiger charge is -2.31. The molecule has 1 aliphatic carbocycles. The second-order valence-corrected chi connectivity index (χ2v) is 7.82. The van der Waals surface area contributed by atoms with E-state index in [2.05, 4.69) is 4.72 Å². The van der Waals surface area contributed by atoms with Crippen LogP contribution in [0.1, 0.15) is 12.8 Å². The molecule has 27 heavy (non-hydrogen) atoms. The van der Waals surface area contributed by atoms with Gasteiger partial charge < -0.3 is 19.1 Å². The zero-order valence-electron chi connectivity index (χ0n) is 14.9. The van der Waals surface area contributed by atoms with Gasteiger partial charge in [0.15, 0.2) is 0 Å². The first-order valence-electron chi connectivity index (χ1n) is 8.25. The van der Waals surface area contributed by atoms with Gasteiger partial charge in [0.05, 0.1) is 31.3 Å². The Morgan fingerprint density at radius 3 is 2.30 bits per heavy atom. The predicted octanol–water partition coefficient (Wildman–Crippen LogP) is 0.521. The summed E-state index contributed by atoms with van der Waals surface area (Å²) in [6, 6.07) is 5.94. The molecule has 10 heteroatoms. The summed E-state index contributed by atoms with van der Waals surface area (Å²) < 4.78 is 42.0. The van der Waals surface area contributed by atoms with Gasteiger partial charge in [0.25, 0.3) is 0 Å². The largest absolute Gasteiger partial charge is 0.466 e. The molecule has 1 aliphatic heterocycles. The van der Waals surface area contributed by atoms with E-state index in [1.165, 1.54) is 43.4 Å². The summed E-state index contributed by atoms with van der Waals surface area (Å²) in [5, 5.41) is 0. The van der Waals surface area contributed by atoms with Crippen LogP contribution >= 0.6 is 0 Å². The minimum absolute atomic E-state index is 0.00152. The van der Waals surface area contributed by atoms with E-state index in [1.54, 1.807) is 0 Å². The number of anilines is 1. The Balaban J connectivity index is 1.93. The number of ether oxygens (including phenoxy) is 3. The third-order valence-corrected chi connectivity index (χ3v) is 5.73. The van der Waals surface area contributed by atoms with Crippen molar-refractivity contribution in [3.05, 3.63) is 35.5 Å². The number of methoxy groups -OCH3 is 2. The topological polar surface area (TPSA) is 111 Å². The number of rotatable bonds is 6. The molecule has 0 spiro atoms. The van der Waals surface area contributed by atoms with E-state index in [1.807, 2.05) is 0 Å². The number of nitrogens with one attached hydrogen (secondary N) is 1. The molecule has 0 radical (unpaired) electrons. The van der Waals surface area contributed by atoms with Crippen molar-refractivity contribution >= 4 is 27.6 Å². The maximum atomic E-state index is 12.3. The van der Waals surface area contributed by atoms with Crippen LogP contribution in [0.3, 0.4) is 0 Å². The molecule has 1 aromatic carbocycles. The highest BCUT2D eigenvalue weighted by atomic mass is 32.2. The van der Waals surface area contributed by atoms with E-state index >= 15 is 0 Å². The van der Waals surface area contributed by atoms with E-state index in [9.17, 15) is 18.0 Å². The van der Waals surface area contributed by atoms with Crippen LogP contribution in [-0.4, -0.2) is 54.0 Å². The van der Waals surface area contributed by atoms with Crippen LogP contribution in [-0.2, 0) is 33.8 Å². The number of carbonyl (C=O) groups excluding carboxylic acids is 2. The molecule has 1 fully saturated rings. The number of esters is 2. The van der Waals surface area contributed by atoms with Crippen LogP contribution in [0.25, 0.3) is 0 Å². The van der Waals surface area contributed by atoms with Crippen molar-refractivity contribution in [2.24, 2.45) is 0 Å². The number of hydrogen-bond donors (Lipinski definition) is 1. The van der Waals surface area contributed by atoms with Crippen LogP contribution in [0.2, 0.25) is 0 Å². The molecule has 2 aliphatic rings. The summed E-state index contributed by atoms with van der Waals surface area (Å²) in [5.41, 5.74) is 0.506. The van der Waals surface area contributed by atoms with Gasteiger partial charge >= 0.3 is 11.9 Å². The Morgan fingerprint density at radius 2 is 1.74 bits per heavy atom. The van der Waals surface area contributed by atoms with Crippen molar-refractivity contribution in [2.45, 2.75) is 23.8 Å². The summed E-state index contributed by atoms with van der Waals surface area (Å²) in [6.07, 6.45) is 1.68. The smallest absolute Gasteiger partial charge is 0.355 e. The Morgan fingerprint density at radius 1 is 1.11 bits per heavy atom. The third-order valence-electron chi connectivity index (χ3n) is 4.19. The SMILES string of the molecule is COC(=O)C1=C(C(=O)OC)N(c2ccc(S(=O)(=O)NC3CC3)cc2)COC1. The van der Waals surface area contributed by atoms with Gasteiger partial charge in [-0.25, -0.2) is 22.7 Å². The lowest BCUT2D eigenvalue weighted by molar-refractivity contribution is -0.140.